The number of hydrogen-bond acceptors (Lipinski definition) is 6. The second-order valence-electron chi connectivity index (χ2n) is 9.58. The van der Waals surface area contributed by atoms with E-state index < -0.39 is 47.8 Å². The van der Waals surface area contributed by atoms with Gasteiger partial charge in [-0.3, -0.25) is 24.0 Å². The summed E-state index contributed by atoms with van der Waals surface area (Å²) >= 11 is 24.8. The maximum absolute atomic E-state index is 13.1. The highest BCUT2D eigenvalue weighted by Gasteiger charge is 2.29. The van der Waals surface area contributed by atoms with Crippen molar-refractivity contribution in [1.82, 2.24) is 21.3 Å². The highest BCUT2D eigenvalue weighted by atomic mass is 35.5. The van der Waals surface area contributed by atoms with E-state index >= 15 is 0 Å². The Morgan fingerprint density at radius 1 is 0.786 bits per heavy atom. The number of primary amides is 1. The van der Waals surface area contributed by atoms with E-state index in [9.17, 15) is 24.0 Å². The lowest BCUT2D eigenvalue weighted by Crippen LogP contribution is -2.50. The van der Waals surface area contributed by atoms with Crippen LogP contribution >= 0.6 is 46.4 Å². The first kappa shape index (κ1) is 35.1. The molecule has 2 rings (SSSR count). The maximum atomic E-state index is 13.1. The lowest BCUT2D eigenvalue weighted by molar-refractivity contribution is -0.127. The molecular formula is C27H32Cl4N6O5. The van der Waals surface area contributed by atoms with Gasteiger partial charge in [0.1, 0.15) is 6.04 Å². The molecule has 0 aromatic heterocycles. The van der Waals surface area contributed by atoms with Crippen LogP contribution < -0.4 is 32.7 Å². The van der Waals surface area contributed by atoms with Crippen LogP contribution in [0.2, 0.25) is 20.1 Å². The van der Waals surface area contributed by atoms with Gasteiger partial charge in [-0.25, -0.2) is 0 Å². The van der Waals surface area contributed by atoms with Crippen LogP contribution in [0.3, 0.4) is 0 Å². The van der Waals surface area contributed by atoms with Crippen LogP contribution in [0.1, 0.15) is 46.5 Å². The summed E-state index contributed by atoms with van der Waals surface area (Å²) in [5, 5.41) is 8.84. The number of hydrogen-bond donors (Lipinski definition) is 6. The lowest BCUT2D eigenvalue weighted by Gasteiger charge is -2.19. The Morgan fingerprint density at radius 3 is 1.83 bits per heavy atom. The van der Waals surface area contributed by atoms with Crippen LogP contribution in [0.4, 0.5) is 0 Å². The zero-order valence-corrected chi connectivity index (χ0v) is 25.9. The molecule has 0 radical (unpaired) electrons. The fourth-order valence-electron chi connectivity index (χ4n) is 3.78. The summed E-state index contributed by atoms with van der Waals surface area (Å²) in [7, 11) is 0. The maximum Gasteiger partial charge on any atom is 0.254 e. The summed E-state index contributed by atoms with van der Waals surface area (Å²) in [6, 6.07) is 7.63. The molecule has 0 aliphatic carbocycles. The number of halogens is 4. The molecule has 0 unspecified atom stereocenters. The molecule has 0 fully saturated rings. The minimum Gasteiger partial charge on any atom is -0.368 e. The highest BCUT2D eigenvalue weighted by Crippen LogP contribution is 2.41. The Hall–Kier alpha value is -3.09. The monoisotopic (exact) mass is 660 g/mol. The van der Waals surface area contributed by atoms with Crippen molar-refractivity contribution < 1.29 is 24.0 Å². The Balaban J connectivity index is 2.02. The van der Waals surface area contributed by atoms with Crippen molar-refractivity contribution in [1.29, 1.82) is 0 Å². The van der Waals surface area contributed by atoms with Crippen LogP contribution in [0.5, 0.6) is 0 Å². The molecule has 0 aliphatic heterocycles. The van der Waals surface area contributed by atoms with E-state index in [0.29, 0.717) is 12.8 Å². The number of amides is 5. The number of carbonyl (C=O) groups is 5. The quantitative estimate of drug-likeness (QED) is 0.103. The normalized spacial score (nSPS) is 12.3. The van der Waals surface area contributed by atoms with Crippen molar-refractivity contribution in [2.75, 3.05) is 19.6 Å². The minimum atomic E-state index is -0.955. The van der Waals surface area contributed by atoms with E-state index in [1.807, 2.05) is 30.3 Å². The van der Waals surface area contributed by atoms with Gasteiger partial charge < -0.3 is 32.7 Å². The standard InChI is InChI=1S/C27H32Cl4N6O5/c1-13(2)23(24(33)39)37-16(38)12-36-27(42)18-17(19(28)21(30)22(31)20(18)29)26(41)35-10-6-9-34-25(40)15(32)11-14-7-4-3-5-8-14/h3-5,7-8,13,15,23H,6,9-12,32H2,1-2H3,(H2,33,39)(H,34,40)(H,35,41)(H,36,42)(H,37,38)/t15-,23-/m0/s1. The Bertz CT molecular complexity index is 1330. The summed E-state index contributed by atoms with van der Waals surface area (Å²) in [5.41, 5.74) is 11.4. The molecule has 228 valence electrons. The lowest BCUT2D eigenvalue weighted by atomic mass is 10.0. The minimum absolute atomic E-state index is 0.0778. The fraction of sp³-hybridized carbons (Fsp3) is 0.370. The van der Waals surface area contributed by atoms with Crippen molar-refractivity contribution in [2.24, 2.45) is 17.4 Å². The van der Waals surface area contributed by atoms with Crippen molar-refractivity contribution in [2.45, 2.75) is 38.8 Å². The number of carbonyl (C=O) groups excluding carboxylic acids is 5. The van der Waals surface area contributed by atoms with Crippen molar-refractivity contribution >= 4 is 75.9 Å². The zero-order chi connectivity index (χ0) is 31.6. The molecule has 0 bridgehead atoms. The molecular weight excluding hydrogens is 630 g/mol. The Morgan fingerprint density at radius 2 is 1.31 bits per heavy atom. The summed E-state index contributed by atoms with van der Waals surface area (Å²) in [4.78, 5) is 62.3. The molecule has 2 aromatic carbocycles. The number of nitrogens with two attached hydrogens (primary N) is 2. The molecule has 0 spiro atoms. The molecule has 0 heterocycles. The molecule has 15 heteroatoms. The molecule has 5 amide bonds. The van der Waals surface area contributed by atoms with Gasteiger partial charge in [-0.1, -0.05) is 90.6 Å². The first-order valence-electron chi connectivity index (χ1n) is 12.8. The molecule has 11 nitrogen and oxygen atoms in total. The Kier molecular flexibility index (Phi) is 13.8. The topological polar surface area (TPSA) is 186 Å². The summed E-state index contributed by atoms with van der Waals surface area (Å²) < 4.78 is 0. The van der Waals surface area contributed by atoms with Crippen LogP contribution in [-0.4, -0.2) is 61.3 Å². The predicted molar refractivity (Wildman–Crippen MR) is 163 cm³/mol. The molecule has 0 saturated heterocycles. The average Bonchev–Trinajstić information content (AvgIpc) is 2.94. The zero-order valence-electron chi connectivity index (χ0n) is 22.9. The largest absolute Gasteiger partial charge is 0.368 e. The molecule has 8 N–H and O–H groups in total. The first-order chi connectivity index (χ1) is 19.8. The smallest absolute Gasteiger partial charge is 0.254 e. The third-order valence-corrected chi connectivity index (χ3v) is 7.80. The van der Waals surface area contributed by atoms with Gasteiger partial charge in [0.2, 0.25) is 17.7 Å². The third-order valence-electron chi connectivity index (χ3n) is 5.99. The average molecular weight is 662 g/mol. The van der Waals surface area contributed by atoms with E-state index in [-0.39, 0.29) is 50.6 Å². The van der Waals surface area contributed by atoms with Gasteiger partial charge in [0.05, 0.1) is 43.8 Å². The van der Waals surface area contributed by atoms with Gasteiger partial charge in [0.25, 0.3) is 11.8 Å². The summed E-state index contributed by atoms with van der Waals surface area (Å²) in [5.74, 6) is -3.82. The van der Waals surface area contributed by atoms with Gasteiger partial charge >= 0.3 is 0 Å². The summed E-state index contributed by atoms with van der Waals surface area (Å²) in [6.07, 6.45) is 0.691. The van der Waals surface area contributed by atoms with E-state index in [1.54, 1.807) is 13.8 Å². The van der Waals surface area contributed by atoms with E-state index in [2.05, 4.69) is 21.3 Å². The van der Waals surface area contributed by atoms with Crippen LogP contribution in [0.25, 0.3) is 0 Å². The van der Waals surface area contributed by atoms with Crippen LogP contribution in [0, 0.1) is 5.92 Å². The number of benzene rings is 2. The van der Waals surface area contributed by atoms with Gasteiger partial charge in [-0.15, -0.1) is 0 Å². The molecule has 0 aliphatic rings. The molecule has 42 heavy (non-hydrogen) atoms. The van der Waals surface area contributed by atoms with E-state index in [4.69, 9.17) is 57.9 Å². The van der Waals surface area contributed by atoms with Gasteiger partial charge in [0, 0.05) is 13.1 Å². The predicted octanol–water partition coefficient (Wildman–Crippen LogP) is 2.46. The number of nitrogens with one attached hydrogen (secondary N) is 4. The van der Waals surface area contributed by atoms with E-state index in [0.717, 1.165) is 5.56 Å². The third kappa shape index (κ3) is 9.74. The van der Waals surface area contributed by atoms with Crippen LogP contribution in [-0.2, 0) is 20.8 Å². The van der Waals surface area contributed by atoms with Gasteiger partial charge in [-0.05, 0) is 24.3 Å². The Labute approximate surface area is 263 Å². The van der Waals surface area contributed by atoms with Crippen LogP contribution in [0.15, 0.2) is 30.3 Å². The number of rotatable bonds is 14. The summed E-state index contributed by atoms with van der Waals surface area (Å²) in [6.45, 7) is 3.09. The first-order valence-corrected chi connectivity index (χ1v) is 14.4. The fourth-order valence-corrected chi connectivity index (χ4v) is 4.80. The molecule has 2 aromatic rings. The van der Waals surface area contributed by atoms with Crippen molar-refractivity contribution in [3.05, 3.63) is 67.1 Å². The molecule has 0 saturated carbocycles. The van der Waals surface area contributed by atoms with E-state index in [1.165, 1.54) is 0 Å². The van der Waals surface area contributed by atoms with Gasteiger partial charge in [-0.2, -0.15) is 0 Å². The highest BCUT2D eigenvalue weighted by molar-refractivity contribution is 6.54. The SMILES string of the molecule is CC(C)[C@H](NC(=O)CNC(=O)c1c(Cl)c(Cl)c(Cl)c(Cl)c1C(=O)NCCCNC(=O)[C@@H](N)Cc1ccccc1)C(N)=O. The second kappa shape index (κ2) is 16.5. The van der Waals surface area contributed by atoms with Crippen molar-refractivity contribution in [3.8, 4) is 0 Å². The van der Waals surface area contributed by atoms with Gasteiger partial charge in [0.15, 0.2) is 0 Å². The van der Waals surface area contributed by atoms with Crippen molar-refractivity contribution in [3.63, 3.8) is 0 Å². The molecule has 2 atom stereocenters. The second-order valence-corrected chi connectivity index (χ2v) is 11.1.